The van der Waals surface area contributed by atoms with Gasteiger partial charge in [0.15, 0.2) is 0 Å². The number of rotatable bonds is 18. The average Bonchev–Trinajstić information content (AvgIpc) is 3.01. The molecule has 0 fully saturated rings. The van der Waals surface area contributed by atoms with E-state index in [2.05, 4.69) is 18.5 Å². The summed E-state index contributed by atoms with van der Waals surface area (Å²) in [7, 11) is 0. The van der Waals surface area contributed by atoms with E-state index in [1.807, 2.05) is 60.7 Å². The van der Waals surface area contributed by atoms with Crippen molar-refractivity contribution in [1.82, 2.24) is 10.2 Å². The largest absolute Gasteiger partial charge is 0.463 e. The molecule has 8 nitrogen and oxygen atoms in total. The Kier molecular flexibility index (Phi) is 14.0. The molecule has 2 amide bonds. The fourth-order valence-corrected chi connectivity index (χ4v) is 5.02. The summed E-state index contributed by atoms with van der Waals surface area (Å²) in [4.78, 5) is 40.9. The summed E-state index contributed by atoms with van der Waals surface area (Å²) in [5.74, 6) is -1.54. The first-order valence-electron chi connectivity index (χ1n) is 14.7. The highest BCUT2D eigenvalue weighted by Crippen LogP contribution is 2.25. The van der Waals surface area contributed by atoms with Gasteiger partial charge in [-0.1, -0.05) is 66.7 Å². The first-order valence-corrected chi connectivity index (χ1v) is 14.7. The van der Waals surface area contributed by atoms with Gasteiger partial charge in [-0.2, -0.15) is 0 Å². The lowest BCUT2D eigenvalue weighted by Crippen LogP contribution is -2.49. The summed E-state index contributed by atoms with van der Waals surface area (Å²) in [5.41, 5.74) is 3.15. The van der Waals surface area contributed by atoms with Crippen molar-refractivity contribution >= 4 is 17.8 Å². The number of unbranched alkanes of at least 4 members (excludes halogenated alkanes) is 2. The number of carbonyl (C=O) groups excluding carboxylic acids is 3. The van der Waals surface area contributed by atoms with Crippen molar-refractivity contribution in [1.29, 1.82) is 0 Å². The number of amides is 2. The van der Waals surface area contributed by atoms with Crippen LogP contribution in [0.5, 0.6) is 0 Å². The average molecular weight is 577 g/mol. The molecule has 1 aliphatic rings. The molecule has 0 radical (unpaired) electrons. The summed E-state index contributed by atoms with van der Waals surface area (Å²) in [6.07, 6.45) is 6.96. The Balaban J connectivity index is 1.62. The molecule has 2 aromatic carbocycles. The summed E-state index contributed by atoms with van der Waals surface area (Å²) in [5, 5.41) is 12.9. The van der Waals surface area contributed by atoms with E-state index in [-0.39, 0.29) is 56.5 Å². The molecule has 3 unspecified atom stereocenters. The number of hydrogen-bond acceptors (Lipinski definition) is 6. The predicted octanol–water partition coefficient (Wildman–Crippen LogP) is 4.51. The second-order valence-electron chi connectivity index (χ2n) is 10.7. The Labute approximate surface area is 249 Å². The molecule has 0 spiro atoms. The first kappa shape index (κ1) is 32.8. The van der Waals surface area contributed by atoms with Crippen LogP contribution in [0, 0.1) is 5.92 Å². The Hall–Kier alpha value is -3.75. The first-order chi connectivity index (χ1) is 20.4. The Morgan fingerprint density at radius 2 is 1.74 bits per heavy atom. The maximum atomic E-state index is 13.4. The number of benzene rings is 2. The van der Waals surface area contributed by atoms with E-state index in [1.165, 1.54) is 0 Å². The van der Waals surface area contributed by atoms with Crippen molar-refractivity contribution in [3.8, 4) is 0 Å². The van der Waals surface area contributed by atoms with Gasteiger partial charge < -0.3 is 24.8 Å². The molecule has 1 aliphatic heterocycles. The molecule has 3 atom stereocenters. The second kappa shape index (κ2) is 17.9. The fourth-order valence-electron chi connectivity index (χ4n) is 5.02. The number of ether oxygens (including phenoxy) is 2. The van der Waals surface area contributed by atoms with Gasteiger partial charge in [0, 0.05) is 19.4 Å². The molecule has 1 heterocycles. The lowest BCUT2D eigenvalue weighted by Gasteiger charge is -2.36. The van der Waals surface area contributed by atoms with Gasteiger partial charge >= 0.3 is 5.97 Å². The fraction of sp³-hybridized carbons (Fsp3) is 0.441. The minimum Gasteiger partial charge on any atom is -0.463 e. The van der Waals surface area contributed by atoms with E-state index in [1.54, 1.807) is 11.0 Å². The third-order valence-electron chi connectivity index (χ3n) is 7.39. The number of nitrogens with one attached hydrogen (secondary N) is 1. The topological polar surface area (TPSA) is 105 Å². The second-order valence-corrected chi connectivity index (χ2v) is 10.7. The third kappa shape index (κ3) is 10.6. The lowest BCUT2D eigenvalue weighted by atomic mass is 9.92. The van der Waals surface area contributed by atoms with E-state index in [4.69, 9.17) is 9.47 Å². The van der Waals surface area contributed by atoms with Crippen LogP contribution < -0.4 is 5.32 Å². The highest BCUT2D eigenvalue weighted by molar-refractivity contribution is 5.86. The summed E-state index contributed by atoms with van der Waals surface area (Å²) < 4.78 is 11.3. The predicted molar refractivity (Wildman–Crippen MR) is 162 cm³/mol. The Morgan fingerprint density at radius 1 is 1.00 bits per heavy atom. The Morgan fingerprint density at radius 3 is 2.45 bits per heavy atom. The SMILES string of the molecule is C=CCCCCC(=O)OCC(COCc1ccccc1)NC(=O)C(CC=C)CC(=O)N1Cc2ccccc2CC1CO. The van der Waals surface area contributed by atoms with Crippen molar-refractivity contribution in [3.63, 3.8) is 0 Å². The van der Waals surface area contributed by atoms with Crippen LogP contribution in [0.15, 0.2) is 79.9 Å². The molecule has 0 aliphatic carbocycles. The molecule has 226 valence electrons. The van der Waals surface area contributed by atoms with Crippen molar-refractivity contribution in [3.05, 3.63) is 96.6 Å². The number of hydrogen-bond donors (Lipinski definition) is 2. The van der Waals surface area contributed by atoms with Crippen LogP contribution in [0.1, 0.15) is 55.2 Å². The molecule has 2 aromatic rings. The van der Waals surface area contributed by atoms with Gasteiger partial charge in [0.2, 0.25) is 11.8 Å². The van der Waals surface area contributed by atoms with Gasteiger partial charge in [0.25, 0.3) is 0 Å². The quantitative estimate of drug-likeness (QED) is 0.154. The zero-order valence-electron chi connectivity index (χ0n) is 24.4. The Bertz CT molecular complexity index is 1170. The van der Waals surface area contributed by atoms with E-state index in [9.17, 15) is 19.5 Å². The number of esters is 1. The highest BCUT2D eigenvalue weighted by Gasteiger charge is 2.32. The van der Waals surface area contributed by atoms with Gasteiger partial charge in [0.05, 0.1) is 37.8 Å². The van der Waals surface area contributed by atoms with Gasteiger partial charge in [-0.15, -0.1) is 13.2 Å². The van der Waals surface area contributed by atoms with Crippen molar-refractivity contribution in [2.24, 2.45) is 5.92 Å². The smallest absolute Gasteiger partial charge is 0.305 e. The van der Waals surface area contributed by atoms with Crippen LogP contribution in [0.3, 0.4) is 0 Å². The molecular formula is C34H44N2O6. The zero-order chi connectivity index (χ0) is 30.2. The van der Waals surface area contributed by atoms with Crippen LogP contribution in [0.4, 0.5) is 0 Å². The number of carbonyl (C=O) groups is 3. The molecule has 0 aromatic heterocycles. The maximum Gasteiger partial charge on any atom is 0.305 e. The lowest BCUT2D eigenvalue weighted by molar-refractivity contribution is -0.146. The number of allylic oxidation sites excluding steroid dienone is 2. The van der Waals surface area contributed by atoms with E-state index in [0.717, 1.165) is 29.5 Å². The zero-order valence-corrected chi connectivity index (χ0v) is 24.4. The minimum absolute atomic E-state index is 0.0306. The maximum absolute atomic E-state index is 13.4. The van der Waals surface area contributed by atoms with Crippen molar-refractivity contribution < 1.29 is 29.0 Å². The molecule has 0 saturated carbocycles. The van der Waals surface area contributed by atoms with Gasteiger partial charge in [-0.05, 0) is 48.8 Å². The molecular weight excluding hydrogens is 532 g/mol. The minimum atomic E-state index is -0.669. The van der Waals surface area contributed by atoms with Crippen LogP contribution >= 0.6 is 0 Å². The number of aliphatic hydroxyl groups excluding tert-OH is 1. The molecule has 3 rings (SSSR count). The number of fused-ring (bicyclic) bond motifs is 1. The normalized spacial score (nSPS) is 15.6. The van der Waals surface area contributed by atoms with Crippen LogP contribution in [0.25, 0.3) is 0 Å². The highest BCUT2D eigenvalue weighted by atomic mass is 16.5. The van der Waals surface area contributed by atoms with Crippen LogP contribution in [-0.4, -0.2) is 59.7 Å². The van der Waals surface area contributed by atoms with Gasteiger partial charge in [-0.25, -0.2) is 0 Å². The van der Waals surface area contributed by atoms with E-state index >= 15 is 0 Å². The molecule has 8 heteroatoms. The van der Waals surface area contributed by atoms with Gasteiger partial charge in [0.1, 0.15) is 6.61 Å². The van der Waals surface area contributed by atoms with Crippen molar-refractivity contribution in [2.45, 2.75) is 70.2 Å². The molecule has 0 bridgehead atoms. The molecule has 0 saturated heterocycles. The summed E-state index contributed by atoms with van der Waals surface area (Å²) in [6.45, 7) is 8.15. The summed E-state index contributed by atoms with van der Waals surface area (Å²) >= 11 is 0. The number of aliphatic hydroxyl groups is 1. The third-order valence-corrected chi connectivity index (χ3v) is 7.39. The van der Waals surface area contributed by atoms with Crippen LogP contribution in [-0.2, 0) is 43.4 Å². The molecule has 42 heavy (non-hydrogen) atoms. The van der Waals surface area contributed by atoms with Gasteiger partial charge in [-0.3, -0.25) is 14.4 Å². The van der Waals surface area contributed by atoms with Crippen molar-refractivity contribution in [2.75, 3.05) is 19.8 Å². The van der Waals surface area contributed by atoms with E-state index in [0.29, 0.717) is 32.4 Å². The van der Waals surface area contributed by atoms with Crippen LogP contribution in [0.2, 0.25) is 0 Å². The molecule has 2 N–H and O–H groups in total. The monoisotopic (exact) mass is 576 g/mol. The summed E-state index contributed by atoms with van der Waals surface area (Å²) in [6, 6.07) is 16.6. The standard InChI is InChI=1S/C34H44N2O6/c1-3-5-6-10-18-33(39)42-25-30(24-41-23-26-14-8-7-9-15-26)35-34(40)28(13-4-2)20-32(38)36-21-29-17-12-11-16-27(29)19-31(36)22-37/h3-4,7-9,11-12,14-17,28,30-31,37H,1-2,5-6,10,13,18-25H2,(H,35,40). The number of nitrogens with zero attached hydrogens (tertiary/aromatic N) is 1. The van der Waals surface area contributed by atoms with E-state index < -0.39 is 12.0 Å².